The minimum absolute atomic E-state index is 0.134. The number of hydrogen-bond donors (Lipinski definition) is 1. The van der Waals surface area contributed by atoms with E-state index in [0.29, 0.717) is 12.1 Å². The number of benzene rings is 2. The molecule has 1 fully saturated rings. The van der Waals surface area contributed by atoms with Crippen molar-refractivity contribution >= 4 is 23.1 Å². The van der Waals surface area contributed by atoms with E-state index in [1.165, 1.54) is 0 Å². The molecule has 6 heteroatoms. The van der Waals surface area contributed by atoms with Gasteiger partial charge in [-0.25, -0.2) is 0 Å². The van der Waals surface area contributed by atoms with Crippen molar-refractivity contribution in [2.45, 2.75) is 12.5 Å². The average Bonchev–Trinajstić information content (AvgIpc) is 2.98. The Hall–Kier alpha value is -3.12. The summed E-state index contributed by atoms with van der Waals surface area (Å²) in [4.78, 5) is 31.5. The van der Waals surface area contributed by atoms with Crippen LogP contribution in [0.15, 0.2) is 60.2 Å². The summed E-state index contributed by atoms with van der Waals surface area (Å²) in [6.45, 7) is 1.24. The van der Waals surface area contributed by atoms with Crippen LogP contribution >= 0.6 is 0 Å². The molecular formula is C24H29N3O3. The third kappa shape index (κ3) is 4.39. The Morgan fingerprint density at radius 1 is 0.967 bits per heavy atom. The number of likely N-dealkylation sites (tertiary alicyclic amines) is 1. The van der Waals surface area contributed by atoms with E-state index >= 15 is 0 Å². The first-order valence-corrected chi connectivity index (χ1v) is 10.1. The first kappa shape index (κ1) is 21.6. The summed E-state index contributed by atoms with van der Waals surface area (Å²) in [6, 6.07) is 16.0. The number of ketones is 1. The molecule has 6 nitrogen and oxygen atoms in total. The fourth-order valence-corrected chi connectivity index (χ4v) is 3.72. The standard InChI is InChI=1S/C24H29N3O3/c1-25(2)15-8-16-27-21(17-11-13-19(14-12-17)26(3)4)20(23(29)24(27)30)22(28)18-9-6-5-7-10-18/h5-7,9-14,21,28H,8,15-16H2,1-4H3/b22-20+/t21-/m0/s1. The van der Waals surface area contributed by atoms with Gasteiger partial charge in [-0.2, -0.15) is 0 Å². The Labute approximate surface area is 178 Å². The number of nitrogens with zero attached hydrogens (tertiary/aromatic N) is 3. The number of carbonyl (C=O) groups excluding carboxylic acids is 2. The molecule has 1 atom stereocenters. The van der Waals surface area contributed by atoms with Crippen LogP contribution < -0.4 is 4.90 Å². The van der Waals surface area contributed by atoms with Crippen molar-refractivity contribution in [3.05, 3.63) is 71.3 Å². The maximum atomic E-state index is 13.0. The maximum absolute atomic E-state index is 13.0. The minimum atomic E-state index is -0.636. The van der Waals surface area contributed by atoms with E-state index < -0.39 is 17.7 Å². The van der Waals surface area contributed by atoms with Gasteiger partial charge in [-0.3, -0.25) is 9.59 Å². The summed E-state index contributed by atoms with van der Waals surface area (Å²) in [7, 11) is 7.86. The van der Waals surface area contributed by atoms with E-state index in [2.05, 4.69) is 0 Å². The van der Waals surface area contributed by atoms with Crippen LogP contribution in [0.1, 0.15) is 23.6 Å². The van der Waals surface area contributed by atoms with Crippen LogP contribution in [0.5, 0.6) is 0 Å². The van der Waals surface area contributed by atoms with Gasteiger partial charge in [-0.15, -0.1) is 0 Å². The van der Waals surface area contributed by atoms with Gasteiger partial charge in [-0.05, 0) is 44.8 Å². The number of hydrogen-bond acceptors (Lipinski definition) is 5. The highest BCUT2D eigenvalue weighted by Crippen LogP contribution is 2.39. The molecular weight excluding hydrogens is 378 g/mol. The molecule has 158 valence electrons. The number of carbonyl (C=O) groups is 2. The number of Topliss-reactive ketones (excluding diaryl/α,β-unsaturated/α-hetero) is 1. The molecule has 1 aliphatic rings. The third-order valence-corrected chi connectivity index (χ3v) is 5.32. The Bertz CT molecular complexity index is 934. The Kier molecular flexibility index (Phi) is 6.57. The molecule has 1 N–H and O–H groups in total. The highest BCUT2D eigenvalue weighted by atomic mass is 16.3. The van der Waals surface area contributed by atoms with Crippen LogP contribution in [0.4, 0.5) is 5.69 Å². The van der Waals surface area contributed by atoms with Gasteiger partial charge >= 0.3 is 0 Å². The summed E-state index contributed by atoms with van der Waals surface area (Å²) in [6.07, 6.45) is 0.734. The molecule has 2 aromatic carbocycles. The zero-order valence-electron chi connectivity index (χ0n) is 18.0. The molecule has 0 spiro atoms. The van der Waals surface area contributed by atoms with E-state index in [0.717, 1.165) is 24.2 Å². The molecule has 1 saturated heterocycles. The van der Waals surface area contributed by atoms with E-state index in [-0.39, 0.29) is 11.3 Å². The van der Waals surface area contributed by atoms with Crippen molar-refractivity contribution in [3.63, 3.8) is 0 Å². The quantitative estimate of drug-likeness (QED) is 0.434. The lowest BCUT2D eigenvalue weighted by molar-refractivity contribution is -0.139. The van der Waals surface area contributed by atoms with Crippen molar-refractivity contribution in [1.29, 1.82) is 0 Å². The van der Waals surface area contributed by atoms with Crippen LogP contribution in [0.3, 0.4) is 0 Å². The predicted molar refractivity (Wildman–Crippen MR) is 119 cm³/mol. The zero-order chi connectivity index (χ0) is 21.8. The minimum Gasteiger partial charge on any atom is -0.507 e. The second-order valence-electron chi connectivity index (χ2n) is 8.00. The molecule has 0 aliphatic carbocycles. The fraction of sp³-hybridized carbons (Fsp3) is 0.333. The number of amides is 1. The molecule has 0 aromatic heterocycles. The van der Waals surface area contributed by atoms with Crippen molar-refractivity contribution in [3.8, 4) is 0 Å². The zero-order valence-corrected chi connectivity index (χ0v) is 18.0. The third-order valence-electron chi connectivity index (χ3n) is 5.32. The maximum Gasteiger partial charge on any atom is 0.295 e. The molecule has 1 amide bonds. The monoisotopic (exact) mass is 407 g/mol. The van der Waals surface area contributed by atoms with Crippen LogP contribution in [0.25, 0.3) is 5.76 Å². The van der Waals surface area contributed by atoms with E-state index in [1.807, 2.05) is 68.3 Å². The highest BCUT2D eigenvalue weighted by molar-refractivity contribution is 6.46. The molecule has 0 radical (unpaired) electrons. The van der Waals surface area contributed by atoms with E-state index in [9.17, 15) is 14.7 Å². The van der Waals surface area contributed by atoms with Gasteiger partial charge in [0.2, 0.25) is 0 Å². The second kappa shape index (κ2) is 9.13. The normalized spacial score (nSPS) is 18.3. The first-order chi connectivity index (χ1) is 14.3. The van der Waals surface area contributed by atoms with Gasteiger partial charge in [0.05, 0.1) is 11.6 Å². The van der Waals surface area contributed by atoms with Crippen LogP contribution in [-0.4, -0.2) is 67.9 Å². The average molecular weight is 408 g/mol. The first-order valence-electron chi connectivity index (χ1n) is 10.1. The molecule has 3 rings (SSSR count). The lowest BCUT2D eigenvalue weighted by Gasteiger charge is -2.26. The smallest absolute Gasteiger partial charge is 0.295 e. The molecule has 1 aliphatic heterocycles. The second-order valence-corrected chi connectivity index (χ2v) is 8.00. The Balaban J connectivity index is 2.07. The topological polar surface area (TPSA) is 64.1 Å². The summed E-state index contributed by atoms with van der Waals surface area (Å²) in [5.74, 6) is -1.33. The van der Waals surface area contributed by atoms with Gasteiger partial charge in [0.25, 0.3) is 11.7 Å². The van der Waals surface area contributed by atoms with Crippen LogP contribution in [0.2, 0.25) is 0 Å². The summed E-state index contributed by atoms with van der Waals surface area (Å²) < 4.78 is 0. The van der Waals surface area contributed by atoms with Crippen molar-refractivity contribution < 1.29 is 14.7 Å². The number of anilines is 1. The van der Waals surface area contributed by atoms with Crippen molar-refractivity contribution in [2.24, 2.45) is 0 Å². The predicted octanol–water partition coefficient (Wildman–Crippen LogP) is 3.13. The molecule has 30 heavy (non-hydrogen) atoms. The van der Waals surface area contributed by atoms with Crippen LogP contribution in [-0.2, 0) is 9.59 Å². The Morgan fingerprint density at radius 2 is 1.60 bits per heavy atom. The lowest BCUT2D eigenvalue weighted by Crippen LogP contribution is -2.32. The van der Waals surface area contributed by atoms with Gasteiger partial charge < -0.3 is 19.8 Å². The number of aliphatic hydroxyl groups is 1. The molecule has 1 heterocycles. The summed E-state index contributed by atoms with van der Waals surface area (Å²) in [5.41, 5.74) is 2.50. The molecule has 2 aromatic rings. The van der Waals surface area contributed by atoms with Gasteiger partial charge in [0, 0.05) is 31.9 Å². The van der Waals surface area contributed by atoms with Crippen molar-refractivity contribution in [1.82, 2.24) is 9.80 Å². The Morgan fingerprint density at radius 3 is 2.17 bits per heavy atom. The lowest BCUT2D eigenvalue weighted by atomic mass is 9.95. The fourth-order valence-electron chi connectivity index (χ4n) is 3.72. The highest BCUT2D eigenvalue weighted by Gasteiger charge is 2.45. The van der Waals surface area contributed by atoms with Gasteiger partial charge in [0.15, 0.2) is 0 Å². The number of rotatable bonds is 7. The van der Waals surface area contributed by atoms with E-state index in [4.69, 9.17) is 0 Å². The molecule has 0 unspecified atom stereocenters. The molecule has 0 bridgehead atoms. The van der Waals surface area contributed by atoms with Crippen LogP contribution in [0, 0.1) is 0 Å². The SMILES string of the molecule is CN(C)CCCN1C(=O)C(=O)/C(=C(/O)c2ccccc2)[C@@H]1c1ccc(N(C)C)cc1. The summed E-state index contributed by atoms with van der Waals surface area (Å²) >= 11 is 0. The van der Waals surface area contributed by atoms with Gasteiger partial charge in [0.1, 0.15) is 5.76 Å². The molecule has 0 saturated carbocycles. The number of aliphatic hydroxyl groups excluding tert-OH is 1. The largest absolute Gasteiger partial charge is 0.507 e. The van der Waals surface area contributed by atoms with E-state index in [1.54, 1.807) is 29.2 Å². The van der Waals surface area contributed by atoms with Gasteiger partial charge in [-0.1, -0.05) is 42.5 Å². The van der Waals surface area contributed by atoms with Crippen molar-refractivity contribution in [2.75, 3.05) is 46.2 Å². The summed E-state index contributed by atoms with van der Waals surface area (Å²) in [5, 5.41) is 11.0.